The molecule has 0 aliphatic heterocycles. The quantitative estimate of drug-likeness (QED) is 0.436. The van der Waals surface area contributed by atoms with Crippen molar-refractivity contribution in [3.63, 3.8) is 0 Å². The Morgan fingerprint density at radius 1 is 1.15 bits per heavy atom. The van der Waals surface area contributed by atoms with Crippen LogP contribution in [0.25, 0.3) is 0 Å². The number of halogens is 4. The summed E-state index contributed by atoms with van der Waals surface area (Å²) in [5.74, 6) is -2.77. The molecule has 2 amide bonds. The van der Waals surface area contributed by atoms with Gasteiger partial charge in [0.2, 0.25) is 17.6 Å². The summed E-state index contributed by atoms with van der Waals surface area (Å²) in [6.45, 7) is 1.32. The van der Waals surface area contributed by atoms with Gasteiger partial charge in [0.1, 0.15) is 16.2 Å². The molecule has 2 aromatic rings. The highest BCUT2D eigenvalue weighted by Gasteiger charge is 2.42. The van der Waals surface area contributed by atoms with Gasteiger partial charge in [0, 0.05) is 18.4 Å². The van der Waals surface area contributed by atoms with Crippen LogP contribution in [0, 0.1) is 11.7 Å². The number of benzene rings is 1. The molecule has 1 fully saturated rings. The first kappa shape index (κ1) is 24.8. The van der Waals surface area contributed by atoms with E-state index in [9.17, 15) is 31.9 Å². The number of amides is 2. The van der Waals surface area contributed by atoms with Crippen molar-refractivity contribution in [1.29, 1.82) is 0 Å². The Hall–Kier alpha value is -2.82. The molecule has 1 atom stereocenters. The average Bonchev–Trinajstić information content (AvgIpc) is 3.37. The van der Waals surface area contributed by atoms with Crippen LogP contribution in [0.1, 0.15) is 65.0 Å². The van der Waals surface area contributed by atoms with E-state index in [1.165, 1.54) is 6.92 Å². The van der Waals surface area contributed by atoms with Gasteiger partial charge in [-0.25, -0.2) is 9.37 Å². The third-order valence-electron chi connectivity index (χ3n) is 5.67. The SMILES string of the molecule is CC(Cc1nc(C(F)(F)F)c(C(=O)c2ccc(F)cc2)s1)(NC(=O)CC1CCCC1)C(N)=O. The third kappa shape index (κ3) is 5.95. The van der Waals surface area contributed by atoms with E-state index in [0.717, 1.165) is 49.9 Å². The molecule has 1 aliphatic rings. The standard InChI is InChI=1S/C22H23F4N3O3S/c1-21(20(27)32,29-15(30)10-12-4-2-3-5-12)11-16-28-19(22(24,25)26)18(33-16)17(31)13-6-8-14(23)9-7-13/h6-9,12H,2-5,10-11H2,1H3,(H2,27,32)(H,29,30). The van der Waals surface area contributed by atoms with Gasteiger partial charge in [-0.3, -0.25) is 14.4 Å². The van der Waals surface area contributed by atoms with Crippen molar-refractivity contribution in [3.8, 4) is 0 Å². The lowest BCUT2D eigenvalue weighted by Crippen LogP contribution is -2.57. The molecule has 0 spiro atoms. The summed E-state index contributed by atoms with van der Waals surface area (Å²) in [5, 5.41) is 2.36. The van der Waals surface area contributed by atoms with E-state index in [2.05, 4.69) is 10.3 Å². The van der Waals surface area contributed by atoms with Crippen molar-refractivity contribution in [2.75, 3.05) is 0 Å². The fourth-order valence-electron chi connectivity index (χ4n) is 3.85. The number of primary amides is 1. The molecule has 0 bridgehead atoms. The maximum Gasteiger partial charge on any atom is 0.434 e. The monoisotopic (exact) mass is 485 g/mol. The number of hydrogen-bond donors (Lipinski definition) is 2. The summed E-state index contributed by atoms with van der Waals surface area (Å²) in [6.07, 6.45) is -1.31. The second kappa shape index (κ2) is 9.58. The van der Waals surface area contributed by atoms with Gasteiger partial charge in [-0.05, 0) is 49.9 Å². The lowest BCUT2D eigenvalue weighted by Gasteiger charge is -2.27. The first-order valence-electron chi connectivity index (χ1n) is 10.4. The van der Waals surface area contributed by atoms with E-state index < -0.39 is 52.1 Å². The van der Waals surface area contributed by atoms with Crippen LogP contribution in [0.2, 0.25) is 0 Å². The number of thiazole rings is 1. The molecule has 0 radical (unpaired) electrons. The van der Waals surface area contributed by atoms with Gasteiger partial charge in [0.05, 0.1) is 5.01 Å². The van der Waals surface area contributed by atoms with Crippen LogP contribution in [0.3, 0.4) is 0 Å². The van der Waals surface area contributed by atoms with E-state index in [-0.39, 0.29) is 22.9 Å². The molecule has 6 nitrogen and oxygen atoms in total. The Kier molecular flexibility index (Phi) is 7.20. The molecule has 3 rings (SSSR count). The van der Waals surface area contributed by atoms with Crippen LogP contribution >= 0.6 is 11.3 Å². The molecule has 1 unspecified atom stereocenters. The van der Waals surface area contributed by atoms with Crippen LogP contribution in [-0.2, 0) is 22.2 Å². The summed E-state index contributed by atoms with van der Waals surface area (Å²) < 4.78 is 53.9. The van der Waals surface area contributed by atoms with Gasteiger partial charge in [-0.2, -0.15) is 13.2 Å². The number of carbonyl (C=O) groups is 3. The number of nitrogens with one attached hydrogen (secondary N) is 1. The molecule has 3 N–H and O–H groups in total. The predicted octanol–water partition coefficient (Wildman–Crippen LogP) is 4.02. The normalized spacial score (nSPS) is 16.4. The van der Waals surface area contributed by atoms with E-state index in [1.807, 2.05) is 0 Å². The number of ketones is 1. The fourth-order valence-corrected chi connectivity index (χ4v) is 5.05. The van der Waals surface area contributed by atoms with Gasteiger partial charge < -0.3 is 11.1 Å². The van der Waals surface area contributed by atoms with Crippen molar-refractivity contribution in [2.45, 2.75) is 57.2 Å². The topological polar surface area (TPSA) is 102 Å². The fraction of sp³-hybridized carbons (Fsp3) is 0.455. The molecular weight excluding hydrogens is 462 g/mol. The van der Waals surface area contributed by atoms with E-state index in [0.29, 0.717) is 11.3 Å². The van der Waals surface area contributed by atoms with Crippen LogP contribution in [0.4, 0.5) is 17.6 Å². The van der Waals surface area contributed by atoms with Crippen LogP contribution < -0.4 is 11.1 Å². The summed E-state index contributed by atoms with van der Waals surface area (Å²) >= 11 is 0.464. The summed E-state index contributed by atoms with van der Waals surface area (Å²) in [6, 6.07) is 4.08. The third-order valence-corrected chi connectivity index (χ3v) is 6.72. The maximum absolute atomic E-state index is 13.6. The minimum absolute atomic E-state index is 0.139. The zero-order chi connectivity index (χ0) is 24.4. The maximum atomic E-state index is 13.6. The molecule has 1 aromatic carbocycles. The summed E-state index contributed by atoms with van der Waals surface area (Å²) in [4.78, 5) is 40.2. The van der Waals surface area contributed by atoms with Crippen molar-refractivity contribution >= 4 is 28.9 Å². The molecule has 1 aromatic heterocycles. The first-order valence-corrected chi connectivity index (χ1v) is 11.2. The zero-order valence-corrected chi connectivity index (χ0v) is 18.6. The lowest BCUT2D eigenvalue weighted by atomic mass is 9.95. The molecule has 11 heteroatoms. The highest BCUT2D eigenvalue weighted by atomic mass is 32.1. The van der Waals surface area contributed by atoms with Crippen LogP contribution in [-0.4, -0.2) is 28.1 Å². The largest absolute Gasteiger partial charge is 0.434 e. The second-order valence-corrected chi connectivity index (χ2v) is 9.48. The summed E-state index contributed by atoms with van der Waals surface area (Å²) in [7, 11) is 0. The predicted molar refractivity (Wildman–Crippen MR) is 113 cm³/mol. The summed E-state index contributed by atoms with van der Waals surface area (Å²) in [5.41, 5.74) is 2.24. The highest BCUT2D eigenvalue weighted by molar-refractivity contribution is 7.14. The molecule has 178 valence electrons. The highest BCUT2D eigenvalue weighted by Crippen LogP contribution is 2.36. The van der Waals surface area contributed by atoms with E-state index >= 15 is 0 Å². The molecular formula is C22H23F4N3O3S. The Morgan fingerprint density at radius 3 is 2.30 bits per heavy atom. The second-order valence-electron chi connectivity index (χ2n) is 8.40. The Balaban J connectivity index is 1.87. The minimum atomic E-state index is -4.94. The molecule has 1 aliphatic carbocycles. The molecule has 33 heavy (non-hydrogen) atoms. The van der Waals surface area contributed by atoms with Gasteiger partial charge in [0.25, 0.3) is 0 Å². The Bertz CT molecular complexity index is 1050. The zero-order valence-electron chi connectivity index (χ0n) is 17.8. The smallest absolute Gasteiger partial charge is 0.368 e. The van der Waals surface area contributed by atoms with E-state index in [4.69, 9.17) is 5.73 Å². The number of nitrogens with two attached hydrogens (primary N) is 1. The van der Waals surface area contributed by atoms with Crippen molar-refractivity contribution < 1.29 is 31.9 Å². The Morgan fingerprint density at radius 2 is 1.76 bits per heavy atom. The van der Waals surface area contributed by atoms with E-state index in [1.54, 1.807) is 0 Å². The van der Waals surface area contributed by atoms with Gasteiger partial charge in [0.15, 0.2) is 5.69 Å². The van der Waals surface area contributed by atoms with Crippen LogP contribution in [0.5, 0.6) is 0 Å². The average molecular weight is 486 g/mol. The molecule has 1 heterocycles. The number of rotatable bonds is 8. The number of nitrogens with zero attached hydrogens (tertiary/aromatic N) is 1. The van der Waals surface area contributed by atoms with Gasteiger partial charge in [-0.1, -0.05) is 12.8 Å². The number of aromatic nitrogens is 1. The van der Waals surface area contributed by atoms with Gasteiger partial charge >= 0.3 is 6.18 Å². The molecule has 1 saturated carbocycles. The van der Waals surface area contributed by atoms with Crippen molar-refractivity contribution in [1.82, 2.24) is 10.3 Å². The minimum Gasteiger partial charge on any atom is -0.368 e. The first-order chi connectivity index (χ1) is 15.4. The van der Waals surface area contributed by atoms with Gasteiger partial charge in [-0.15, -0.1) is 11.3 Å². The van der Waals surface area contributed by atoms with Crippen LogP contribution in [0.15, 0.2) is 24.3 Å². The number of carbonyl (C=O) groups excluding carboxylic acids is 3. The Labute approximate surface area is 191 Å². The number of alkyl halides is 3. The molecule has 0 saturated heterocycles. The van der Waals surface area contributed by atoms with Crippen molar-refractivity contribution in [2.24, 2.45) is 11.7 Å². The van der Waals surface area contributed by atoms with Crippen molar-refractivity contribution in [3.05, 3.63) is 51.2 Å². The number of hydrogen-bond acceptors (Lipinski definition) is 5. The lowest BCUT2D eigenvalue weighted by molar-refractivity contribution is -0.141.